The van der Waals surface area contributed by atoms with E-state index in [4.69, 9.17) is 4.74 Å². The summed E-state index contributed by atoms with van der Waals surface area (Å²) in [6.45, 7) is 7.00. The van der Waals surface area contributed by atoms with Crippen LogP contribution in [0.1, 0.15) is 24.3 Å². The Bertz CT molecular complexity index is 360. The molecule has 1 fully saturated rings. The van der Waals surface area contributed by atoms with Crippen molar-refractivity contribution >= 4 is 5.82 Å². The molecule has 0 aliphatic carbocycles. The molecule has 0 amide bonds. The second-order valence-corrected chi connectivity index (χ2v) is 4.12. The van der Waals surface area contributed by atoms with Gasteiger partial charge in [-0.1, -0.05) is 6.07 Å². The predicted molar refractivity (Wildman–Crippen MR) is 62.6 cm³/mol. The van der Waals surface area contributed by atoms with E-state index < -0.39 is 6.10 Å². The van der Waals surface area contributed by atoms with E-state index in [9.17, 15) is 5.11 Å². The summed E-state index contributed by atoms with van der Waals surface area (Å²) in [5, 5.41) is 9.53. The van der Waals surface area contributed by atoms with Gasteiger partial charge >= 0.3 is 0 Å². The first-order chi connectivity index (χ1) is 7.68. The normalized spacial score (nSPS) is 18.6. The molecule has 0 bridgehead atoms. The molecule has 1 aromatic heterocycles. The Kier molecular flexibility index (Phi) is 3.41. The van der Waals surface area contributed by atoms with Crippen molar-refractivity contribution in [2.45, 2.75) is 20.0 Å². The average Bonchev–Trinajstić information content (AvgIpc) is 2.29. The first-order valence-electron chi connectivity index (χ1n) is 5.67. The van der Waals surface area contributed by atoms with E-state index in [2.05, 4.69) is 9.88 Å². The van der Waals surface area contributed by atoms with Crippen molar-refractivity contribution in [3.63, 3.8) is 0 Å². The number of aliphatic hydroxyl groups is 1. The first-order valence-corrected chi connectivity index (χ1v) is 5.67. The third-order valence-electron chi connectivity index (χ3n) is 2.90. The molecule has 0 aromatic carbocycles. The Hall–Kier alpha value is -1.13. The summed E-state index contributed by atoms with van der Waals surface area (Å²) in [7, 11) is 0. The van der Waals surface area contributed by atoms with Crippen molar-refractivity contribution in [3.8, 4) is 0 Å². The van der Waals surface area contributed by atoms with Crippen molar-refractivity contribution in [3.05, 3.63) is 23.4 Å². The van der Waals surface area contributed by atoms with Crippen LogP contribution in [0.15, 0.2) is 12.1 Å². The van der Waals surface area contributed by atoms with E-state index in [0.29, 0.717) is 0 Å². The summed E-state index contributed by atoms with van der Waals surface area (Å²) >= 11 is 0. The van der Waals surface area contributed by atoms with Crippen LogP contribution in [0.4, 0.5) is 5.82 Å². The SMILES string of the molecule is Cc1nc(N2CCOCC2)ccc1[C@H](C)O. The van der Waals surface area contributed by atoms with E-state index in [1.54, 1.807) is 6.92 Å². The molecule has 0 unspecified atom stereocenters. The summed E-state index contributed by atoms with van der Waals surface area (Å²) < 4.78 is 5.30. The Morgan fingerprint density at radius 3 is 2.62 bits per heavy atom. The van der Waals surface area contributed by atoms with Crippen LogP contribution in [0.25, 0.3) is 0 Å². The third kappa shape index (κ3) is 2.33. The smallest absolute Gasteiger partial charge is 0.128 e. The predicted octanol–water partition coefficient (Wildman–Crippen LogP) is 1.28. The topological polar surface area (TPSA) is 45.6 Å². The van der Waals surface area contributed by atoms with Gasteiger partial charge in [0.2, 0.25) is 0 Å². The Balaban J connectivity index is 2.19. The van der Waals surface area contributed by atoms with Gasteiger partial charge in [0.25, 0.3) is 0 Å². The fraction of sp³-hybridized carbons (Fsp3) is 0.583. The summed E-state index contributed by atoms with van der Waals surface area (Å²) in [4.78, 5) is 6.74. The molecular formula is C12H18N2O2. The average molecular weight is 222 g/mol. The van der Waals surface area contributed by atoms with Gasteiger partial charge < -0.3 is 14.7 Å². The zero-order chi connectivity index (χ0) is 11.5. The first kappa shape index (κ1) is 11.4. The van der Waals surface area contributed by atoms with Crippen LogP contribution in [-0.2, 0) is 4.74 Å². The molecule has 1 atom stereocenters. The molecule has 0 radical (unpaired) electrons. The number of anilines is 1. The van der Waals surface area contributed by atoms with Gasteiger partial charge in [0.1, 0.15) is 5.82 Å². The van der Waals surface area contributed by atoms with Gasteiger partial charge in [0.05, 0.1) is 19.3 Å². The molecule has 0 spiro atoms. The maximum absolute atomic E-state index is 9.53. The minimum absolute atomic E-state index is 0.453. The van der Waals surface area contributed by atoms with Crippen molar-refractivity contribution in [2.24, 2.45) is 0 Å². The second-order valence-electron chi connectivity index (χ2n) is 4.12. The highest BCUT2D eigenvalue weighted by Crippen LogP contribution is 2.20. The lowest BCUT2D eigenvalue weighted by Gasteiger charge is -2.28. The van der Waals surface area contributed by atoms with Crippen LogP contribution in [0.2, 0.25) is 0 Å². The molecule has 16 heavy (non-hydrogen) atoms. The number of hydrogen-bond donors (Lipinski definition) is 1. The zero-order valence-electron chi connectivity index (χ0n) is 9.81. The van der Waals surface area contributed by atoms with Crippen molar-refractivity contribution in [2.75, 3.05) is 31.2 Å². The van der Waals surface area contributed by atoms with Crippen LogP contribution in [0, 0.1) is 6.92 Å². The molecule has 2 rings (SSSR count). The Morgan fingerprint density at radius 2 is 2.06 bits per heavy atom. The molecule has 1 N–H and O–H groups in total. The Morgan fingerprint density at radius 1 is 1.38 bits per heavy atom. The summed E-state index contributed by atoms with van der Waals surface area (Å²) in [6, 6.07) is 3.93. The minimum atomic E-state index is -0.453. The maximum atomic E-state index is 9.53. The van der Waals surface area contributed by atoms with E-state index in [1.807, 2.05) is 19.1 Å². The van der Waals surface area contributed by atoms with Gasteiger partial charge in [0, 0.05) is 24.3 Å². The highest BCUT2D eigenvalue weighted by molar-refractivity contribution is 5.42. The molecule has 1 aromatic rings. The standard InChI is InChI=1S/C12H18N2O2/c1-9-11(10(2)15)3-4-12(13-9)14-5-7-16-8-6-14/h3-4,10,15H,5-8H2,1-2H3/t10-/m0/s1. The van der Waals surface area contributed by atoms with E-state index in [-0.39, 0.29) is 0 Å². The lowest BCUT2D eigenvalue weighted by atomic mass is 10.1. The van der Waals surface area contributed by atoms with Crippen LogP contribution in [-0.4, -0.2) is 36.4 Å². The quantitative estimate of drug-likeness (QED) is 0.818. The number of nitrogens with zero attached hydrogens (tertiary/aromatic N) is 2. The summed E-state index contributed by atoms with van der Waals surface area (Å²) in [5.41, 5.74) is 1.80. The number of pyridine rings is 1. The van der Waals surface area contributed by atoms with Crippen LogP contribution >= 0.6 is 0 Å². The largest absolute Gasteiger partial charge is 0.389 e. The number of hydrogen-bond acceptors (Lipinski definition) is 4. The molecule has 2 heterocycles. The van der Waals surface area contributed by atoms with Gasteiger partial charge in [-0.2, -0.15) is 0 Å². The lowest BCUT2D eigenvalue weighted by Crippen LogP contribution is -2.36. The number of rotatable bonds is 2. The van der Waals surface area contributed by atoms with Gasteiger partial charge in [-0.25, -0.2) is 4.98 Å². The molecule has 1 aliphatic rings. The molecule has 88 valence electrons. The van der Waals surface area contributed by atoms with Gasteiger partial charge in [-0.05, 0) is 19.9 Å². The summed E-state index contributed by atoms with van der Waals surface area (Å²) in [5.74, 6) is 0.977. The molecule has 1 saturated heterocycles. The molecule has 1 aliphatic heterocycles. The third-order valence-corrected chi connectivity index (χ3v) is 2.90. The molecule has 0 saturated carbocycles. The van der Waals surface area contributed by atoms with Crippen LogP contribution in [0.5, 0.6) is 0 Å². The van der Waals surface area contributed by atoms with E-state index in [1.165, 1.54) is 0 Å². The lowest BCUT2D eigenvalue weighted by molar-refractivity contribution is 0.122. The van der Waals surface area contributed by atoms with Gasteiger partial charge in [0.15, 0.2) is 0 Å². The Labute approximate surface area is 95.9 Å². The summed E-state index contributed by atoms with van der Waals surface area (Å²) in [6.07, 6.45) is -0.453. The maximum Gasteiger partial charge on any atom is 0.128 e. The van der Waals surface area contributed by atoms with Gasteiger partial charge in [-0.3, -0.25) is 0 Å². The molecular weight excluding hydrogens is 204 g/mol. The molecule has 4 heteroatoms. The highest BCUT2D eigenvalue weighted by atomic mass is 16.5. The fourth-order valence-corrected chi connectivity index (χ4v) is 1.97. The number of morpholine rings is 1. The number of aryl methyl sites for hydroxylation is 1. The fourth-order valence-electron chi connectivity index (χ4n) is 1.97. The van der Waals surface area contributed by atoms with Gasteiger partial charge in [-0.15, -0.1) is 0 Å². The van der Waals surface area contributed by atoms with Crippen molar-refractivity contribution < 1.29 is 9.84 Å². The van der Waals surface area contributed by atoms with Crippen molar-refractivity contribution in [1.82, 2.24) is 4.98 Å². The van der Waals surface area contributed by atoms with Crippen molar-refractivity contribution in [1.29, 1.82) is 0 Å². The molecule has 4 nitrogen and oxygen atoms in total. The van der Waals surface area contributed by atoms with Crippen LogP contribution in [0.3, 0.4) is 0 Å². The van der Waals surface area contributed by atoms with E-state index in [0.717, 1.165) is 43.4 Å². The minimum Gasteiger partial charge on any atom is -0.389 e. The number of aromatic nitrogens is 1. The van der Waals surface area contributed by atoms with Crippen LogP contribution < -0.4 is 4.90 Å². The monoisotopic (exact) mass is 222 g/mol. The number of ether oxygens (including phenoxy) is 1. The number of aliphatic hydroxyl groups excluding tert-OH is 1. The second kappa shape index (κ2) is 4.80. The van der Waals surface area contributed by atoms with E-state index >= 15 is 0 Å². The highest BCUT2D eigenvalue weighted by Gasteiger charge is 2.14. The zero-order valence-corrected chi connectivity index (χ0v) is 9.81.